The van der Waals surface area contributed by atoms with Crippen LogP contribution in [-0.2, 0) is 14.2 Å². The molecule has 0 atom stereocenters. The Labute approximate surface area is 110 Å². The zero-order valence-corrected chi connectivity index (χ0v) is 12.3. The number of methoxy groups -OCH3 is 2. The van der Waals surface area contributed by atoms with Gasteiger partial charge >= 0.3 is 6.09 Å². The monoisotopic (exact) mass is 262 g/mol. The maximum absolute atomic E-state index is 11.6. The van der Waals surface area contributed by atoms with Crippen molar-refractivity contribution in [2.24, 2.45) is 0 Å². The third-order valence-electron chi connectivity index (χ3n) is 2.17. The van der Waals surface area contributed by atoms with Crippen LogP contribution in [0.3, 0.4) is 0 Å². The summed E-state index contributed by atoms with van der Waals surface area (Å²) in [5.74, 6) is 0. The van der Waals surface area contributed by atoms with Crippen LogP contribution in [0.15, 0.2) is 0 Å². The van der Waals surface area contributed by atoms with Gasteiger partial charge in [-0.25, -0.2) is 4.79 Å². The summed E-state index contributed by atoms with van der Waals surface area (Å²) < 4.78 is 15.3. The summed E-state index contributed by atoms with van der Waals surface area (Å²) in [7, 11) is 4.88. The van der Waals surface area contributed by atoms with Gasteiger partial charge in [0.15, 0.2) is 6.29 Å². The molecule has 0 saturated heterocycles. The molecule has 6 nitrogen and oxygen atoms in total. The molecular formula is C12H26N2O4. The third kappa shape index (κ3) is 8.27. The van der Waals surface area contributed by atoms with Crippen LogP contribution in [0.5, 0.6) is 0 Å². The largest absolute Gasteiger partial charge is 0.444 e. The molecule has 0 aromatic rings. The standard InChI is InChI=1S/C12H26N2O4/c1-12(2,3)18-11(15)14(4)8-7-13-9-10(16-5)17-6/h10,13H,7-9H2,1-6H3. The molecule has 108 valence electrons. The average molecular weight is 262 g/mol. The molecule has 0 aliphatic heterocycles. The predicted molar refractivity (Wildman–Crippen MR) is 69.5 cm³/mol. The maximum Gasteiger partial charge on any atom is 0.410 e. The van der Waals surface area contributed by atoms with E-state index in [4.69, 9.17) is 14.2 Å². The summed E-state index contributed by atoms with van der Waals surface area (Å²) in [5, 5.41) is 3.14. The van der Waals surface area contributed by atoms with Gasteiger partial charge in [0.05, 0.1) is 0 Å². The Kier molecular flexibility index (Phi) is 7.90. The molecule has 1 amide bonds. The van der Waals surface area contributed by atoms with Crippen LogP contribution in [-0.4, -0.2) is 63.8 Å². The molecule has 0 saturated carbocycles. The number of hydrogen-bond acceptors (Lipinski definition) is 5. The van der Waals surface area contributed by atoms with E-state index in [1.54, 1.807) is 21.3 Å². The lowest BCUT2D eigenvalue weighted by atomic mass is 10.2. The lowest BCUT2D eigenvalue weighted by Gasteiger charge is -2.24. The van der Waals surface area contributed by atoms with E-state index in [9.17, 15) is 4.79 Å². The minimum atomic E-state index is -0.462. The van der Waals surface area contributed by atoms with E-state index in [-0.39, 0.29) is 12.4 Å². The second-order valence-corrected chi connectivity index (χ2v) is 5.01. The van der Waals surface area contributed by atoms with Crippen LogP contribution in [0.4, 0.5) is 4.79 Å². The van der Waals surface area contributed by atoms with Crippen LogP contribution in [0.2, 0.25) is 0 Å². The van der Waals surface area contributed by atoms with Gasteiger partial charge in [-0.3, -0.25) is 0 Å². The lowest BCUT2D eigenvalue weighted by Crippen LogP contribution is -2.39. The summed E-state index contributed by atoms with van der Waals surface area (Å²) in [6, 6.07) is 0. The number of nitrogens with zero attached hydrogens (tertiary/aromatic N) is 1. The SMILES string of the molecule is COC(CNCCN(C)C(=O)OC(C)(C)C)OC. The van der Waals surface area contributed by atoms with Crippen molar-refractivity contribution in [2.75, 3.05) is 40.9 Å². The summed E-state index contributed by atoms with van der Waals surface area (Å²) in [5.41, 5.74) is -0.462. The molecular weight excluding hydrogens is 236 g/mol. The molecule has 0 fully saturated rings. The first kappa shape index (κ1) is 17.2. The van der Waals surface area contributed by atoms with Crippen molar-refractivity contribution < 1.29 is 19.0 Å². The van der Waals surface area contributed by atoms with Crippen LogP contribution >= 0.6 is 0 Å². The zero-order valence-electron chi connectivity index (χ0n) is 12.3. The van der Waals surface area contributed by atoms with Gasteiger partial charge in [0, 0.05) is 40.9 Å². The molecule has 0 aliphatic carbocycles. The van der Waals surface area contributed by atoms with Gasteiger partial charge < -0.3 is 24.4 Å². The van der Waals surface area contributed by atoms with Crippen molar-refractivity contribution in [3.8, 4) is 0 Å². The first-order chi connectivity index (χ1) is 8.30. The lowest BCUT2D eigenvalue weighted by molar-refractivity contribution is -0.0987. The molecule has 1 N–H and O–H groups in total. The maximum atomic E-state index is 11.6. The molecule has 0 aromatic heterocycles. The molecule has 0 aromatic carbocycles. The molecule has 0 rings (SSSR count). The number of amides is 1. The van der Waals surface area contributed by atoms with E-state index >= 15 is 0 Å². The fourth-order valence-electron chi connectivity index (χ4n) is 1.16. The molecule has 0 radical (unpaired) electrons. The molecule has 6 heteroatoms. The van der Waals surface area contributed by atoms with Gasteiger partial charge in [0.2, 0.25) is 0 Å². The quantitative estimate of drug-likeness (QED) is 0.549. The predicted octanol–water partition coefficient (Wildman–Crippen LogP) is 1.06. The minimum absolute atomic E-state index is 0.267. The van der Waals surface area contributed by atoms with Crippen molar-refractivity contribution >= 4 is 6.09 Å². The molecule has 0 heterocycles. The molecule has 0 aliphatic rings. The van der Waals surface area contributed by atoms with E-state index in [1.165, 1.54) is 4.90 Å². The van der Waals surface area contributed by atoms with Gasteiger partial charge in [0.25, 0.3) is 0 Å². The number of carbonyl (C=O) groups excluding carboxylic acids is 1. The smallest absolute Gasteiger partial charge is 0.410 e. The van der Waals surface area contributed by atoms with E-state index in [1.807, 2.05) is 20.8 Å². The van der Waals surface area contributed by atoms with Crippen LogP contribution < -0.4 is 5.32 Å². The van der Waals surface area contributed by atoms with Crippen LogP contribution in [0.25, 0.3) is 0 Å². The van der Waals surface area contributed by atoms with E-state index < -0.39 is 5.60 Å². The average Bonchev–Trinajstić information content (AvgIpc) is 2.26. The van der Waals surface area contributed by atoms with Crippen LogP contribution in [0.1, 0.15) is 20.8 Å². The number of rotatable bonds is 7. The van der Waals surface area contributed by atoms with E-state index in [0.717, 1.165) is 0 Å². The fraction of sp³-hybridized carbons (Fsp3) is 0.917. The first-order valence-corrected chi connectivity index (χ1v) is 6.00. The highest BCUT2D eigenvalue weighted by molar-refractivity contribution is 5.67. The van der Waals surface area contributed by atoms with Crippen molar-refractivity contribution in [1.29, 1.82) is 0 Å². The number of carbonyl (C=O) groups is 1. The molecule has 18 heavy (non-hydrogen) atoms. The topological polar surface area (TPSA) is 60.0 Å². The second kappa shape index (κ2) is 8.29. The molecule has 0 spiro atoms. The highest BCUT2D eigenvalue weighted by atomic mass is 16.7. The summed E-state index contributed by atoms with van der Waals surface area (Å²) in [4.78, 5) is 13.2. The Morgan fingerprint density at radius 3 is 2.28 bits per heavy atom. The Morgan fingerprint density at radius 2 is 1.83 bits per heavy atom. The summed E-state index contributed by atoms with van der Waals surface area (Å²) in [6.07, 6.45) is -0.587. The van der Waals surface area contributed by atoms with Gasteiger partial charge in [0.1, 0.15) is 5.60 Å². The van der Waals surface area contributed by atoms with Crippen molar-refractivity contribution in [3.05, 3.63) is 0 Å². The number of nitrogens with one attached hydrogen (secondary N) is 1. The van der Waals surface area contributed by atoms with Crippen molar-refractivity contribution in [2.45, 2.75) is 32.7 Å². The van der Waals surface area contributed by atoms with E-state index in [2.05, 4.69) is 5.32 Å². The highest BCUT2D eigenvalue weighted by Gasteiger charge is 2.19. The fourth-order valence-corrected chi connectivity index (χ4v) is 1.16. The van der Waals surface area contributed by atoms with E-state index in [0.29, 0.717) is 19.6 Å². The minimum Gasteiger partial charge on any atom is -0.444 e. The number of ether oxygens (including phenoxy) is 3. The Balaban J connectivity index is 3.76. The summed E-state index contributed by atoms with van der Waals surface area (Å²) in [6.45, 7) is 7.33. The number of hydrogen-bond donors (Lipinski definition) is 1. The van der Waals surface area contributed by atoms with Gasteiger partial charge in [-0.05, 0) is 20.8 Å². The number of likely N-dealkylation sites (N-methyl/N-ethyl adjacent to an activating group) is 1. The van der Waals surface area contributed by atoms with Crippen molar-refractivity contribution in [1.82, 2.24) is 10.2 Å². The van der Waals surface area contributed by atoms with Gasteiger partial charge in [-0.1, -0.05) is 0 Å². The van der Waals surface area contributed by atoms with Gasteiger partial charge in [-0.15, -0.1) is 0 Å². The third-order valence-corrected chi connectivity index (χ3v) is 2.17. The Bertz CT molecular complexity index is 237. The van der Waals surface area contributed by atoms with Crippen molar-refractivity contribution in [3.63, 3.8) is 0 Å². The van der Waals surface area contributed by atoms with Crippen LogP contribution in [0, 0.1) is 0 Å². The molecule has 0 bridgehead atoms. The molecule has 0 unspecified atom stereocenters. The first-order valence-electron chi connectivity index (χ1n) is 6.00. The Hall–Kier alpha value is -0.850. The second-order valence-electron chi connectivity index (χ2n) is 5.01. The normalized spacial score (nSPS) is 11.7. The highest BCUT2D eigenvalue weighted by Crippen LogP contribution is 2.08. The zero-order chi connectivity index (χ0) is 14.2. The van der Waals surface area contributed by atoms with Gasteiger partial charge in [-0.2, -0.15) is 0 Å². The Morgan fingerprint density at radius 1 is 1.28 bits per heavy atom. The summed E-state index contributed by atoms with van der Waals surface area (Å²) >= 11 is 0.